The molecule has 0 saturated heterocycles. The number of anilines is 1. The SMILES string of the molecule is COC(C(=O)OC(CC(=O)Nc1ccccc1S(=O)(=O)OC)C(C)=O)c1ccccc1.[HH]. The van der Waals surface area contributed by atoms with Gasteiger partial charge in [-0.05, 0) is 24.6 Å². The van der Waals surface area contributed by atoms with E-state index in [1.807, 2.05) is 0 Å². The van der Waals surface area contributed by atoms with Crippen LogP contribution in [-0.2, 0) is 38.2 Å². The monoisotopic (exact) mass is 451 g/mol. The number of carbonyl (C=O) groups is 3. The molecule has 0 aliphatic rings. The van der Waals surface area contributed by atoms with Gasteiger partial charge in [-0.25, -0.2) is 4.79 Å². The maximum Gasteiger partial charge on any atom is 0.340 e. The van der Waals surface area contributed by atoms with E-state index in [4.69, 9.17) is 9.47 Å². The fraction of sp³-hybridized carbons (Fsp3) is 0.286. The number of ether oxygens (including phenoxy) is 2. The highest BCUT2D eigenvalue weighted by Gasteiger charge is 2.29. The van der Waals surface area contributed by atoms with Gasteiger partial charge in [0.2, 0.25) is 5.91 Å². The first kappa shape index (κ1) is 24.2. The Hall–Kier alpha value is -3.08. The molecule has 2 aromatic carbocycles. The van der Waals surface area contributed by atoms with Gasteiger partial charge in [0.25, 0.3) is 10.1 Å². The third-order valence-corrected chi connectivity index (χ3v) is 5.62. The van der Waals surface area contributed by atoms with Crippen LogP contribution in [0.5, 0.6) is 0 Å². The van der Waals surface area contributed by atoms with E-state index in [-0.39, 0.29) is 12.0 Å². The topological polar surface area (TPSA) is 125 Å². The Labute approximate surface area is 181 Å². The number of benzene rings is 2. The first-order valence-electron chi connectivity index (χ1n) is 9.17. The van der Waals surface area contributed by atoms with E-state index in [0.29, 0.717) is 5.56 Å². The molecule has 0 aliphatic heterocycles. The highest BCUT2D eigenvalue weighted by Crippen LogP contribution is 2.23. The van der Waals surface area contributed by atoms with Gasteiger partial charge in [0.05, 0.1) is 19.2 Å². The lowest BCUT2D eigenvalue weighted by atomic mass is 10.1. The molecule has 1 N–H and O–H groups in total. The van der Waals surface area contributed by atoms with Crippen LogP contribution in [0, 0.1) is 0 Å². The molecule has 0 bridgehead atoms. The fourth-order valence-electron chi connectivity index (χ4n) is 2.71. The predicted molar refractivity (Wildman–Crippen MR) is 113 cm³/mol. The first-order valence-corrected chi connectivity index (χ1v) is 10.6. The molecule has 31 heavy (non-hydrogen) atoms. The number of rotatable bonds is 10. The van der Waals surface area contributed by atoms with Crippen molar-refractivity contribution in [1.29, 1.82) is 0 Å². The van der Waals surface area contributed by atoms with Crippen LogP contribution in [0.2, 0.25) is 0 Å². The minimum Gasteiger partial charge on any atom is -0.452 e. The quantitative estimate of drug-likeness (QED) is 0.431. The molecular weight excluding hydrogens is 426 g/mol. The zero-order valence-corrected chi connectivity index (χ0v) is 18.0. The van der Waals surface area contributed by atoms with Gasteiger partial charge in [-0.2, -0.15) is 8.42 Å². The average Bonchev–Trinajstić information content (AvgIpc) is 2.74. The lowest BCUT2D eigenvalue weighted by Crippen LogP contribution is -2.32. The number of Topliss-reactive ketones (excluding diaryl/α,β-unsaturated/α-hetero) is 1. The van der Waals surface area contributed by atoms with Gasteiger partial charge < -0.3 is 14.8 Å². The molecule has 1 amide bonds. The van der Waals surface area contributed by atoms with Gasteiger partial charge in [-0.1, -0.05) is 42.5 Å². The molecule has 0 saturated carbocycles. The second kappa shape index (κ2) is 10.8. The molecule has 0 spiro atoms. The predicted octanol–water partition coefficient (Wildman–Crippen LogP) is 2.48. The third-order valence-electron chi connectivity index (χ3n) is 4.28. The number of carbonyl (C=O) groups excluding carboxylic acids is 3. The molecule has 10 heteroatoms. The molecule has 2 rings (SSSR count). The van der Waals surface area contributed by atoms with Crippen molar-refractivity contribution in [2.45, 2.75) is 30.4 Å². The Balaban J connectivity index is 0.00000512. The second-order valence-corrected chi connectivity index (χ2v) is 8.11. The smallest absolute Gasteiger partial charge is 0.340 e. The van der Waals surface area contributed by atoms with Crippen LogP contribution >= 0.6 is 0 Å². The van der Waals surface area contributed by atoms with Crippen molar-refractivity contribution in [1.82, 2.24) is 0 Å². The first-order chi connectivity index (χ1) is 14.7. The van der Waals surface area contributed by atoms with Crippen molar-refractivity contribution < 1.29 is 37.9 Å². The number of amides is 1. The van der Waals surface area contributed by atoms with Gasteiger partial charge in [0.15, 0.2) is 18.0 Å². The number of para-hydroxylation sites is 1. The van der Waals surface area contributed by atoms with Gasteiger partial charge in [0.1, 0.15) is 4.90 Å². The van der Waals surface area contributed by atoms with Crippen LogP contribution in [0.15, 0.2) is 59.5 Å². The Morgan fingerprint density at radius 3 is 2.19 bits per heavy atom. The van der Waals surface area contributed by atoms with Crippen LogP contribution in [-0.4, -0.2) is 46.4 Å². The number of methoxy groups -OCH3 is 1. The summed E-state index contributed by atoms with van der Waals surface area (Å²) < 4.78 is 38.9. The van der Waals surface area contributed by atoms with Crippen molar-refractivity contribution in [2.24, 2.45) is 0 Å². The summed E-state index contributed by atoms with van der Waals surface area (Å²) in [6, 6.07) is 14.2. The zero-order valence-electron chi connectivity index (χ0n) is 17.2. The fourth-order valence-corrected chi connectivity index (χ4v) is 3.53. The summed E-state index contributed by atoms with van der Waals surface area (Å²) in [5.74, 6) is -2.10. The summed E-state index contributed by atoms with van der Waals surface area (Å²) in [7, 11) is -1.75. The summed E-state index contributed by atoms with van der Waals surface area (Å²) in [5, 5.41) is 2.41. The second-order valence-electron chi connectivity index (χ2n) is 6.43. The molecule has 2 aromatic rings. The van der Waals surface area contributed by atoms with E-state index in [1.54, 1.807) is 30.3 Å². The Morgan fingerprint density at radius 2 is 1.61 bits per heavy atom. The van der Waals surface area contributed by atoms with Gasteiger partial charge >= 0.3 is 5.97 Å². The van der Waals surface area contributed by atoms with Crippen molar-refractivity contribution in [2.75, 3.05) is 19.5 Å². The molecule has 2 unspecified atom stereocenters. The molecule has 2 atom stereocenters. The van der Waals surface area contributed by atoms with Gasteiger partial charge in [-0.3, -0.25) is 13.8 Å². The van der Waals surface area contributed by atoms with Crippen LogP contribution in [0.1, 0.15) is 26.4 Å². The summed E-state index contributed by atoms with van der Waals surface area (Å²) in [6.07, 6.45) is -2.95. The molecule has 0 heterocycles. The molecular formula is C21H25NO8S. The van der Waals surface area contributed by atoms with Gasteiger partial charge in [0, 0.05) is 8.54 Å². The highest BCUT2D eigenvalue weighted by molar-refractivity contribution is 7.87. The number of hydrogen-bond donors (Lipinski definition) is 1. The molecule has 0 radical (unpaired) electrons. The minimum absolute atomic E-state index is 0. The summed E-state index contributed by atoms with van der Waals surface area (Å²) in [6.45, 7) is 1.18. The normalized spacial score (nSPS) is 13.1. The maximum atomic E-state index is 12.5. The van der Waals surface area contributed by atoms with Crippen LogP contribution in [0.25, 0.3) is 0 Å². The number of esters is 1. The van der Waals surface area contributed by atoms with Crippen molar-refractivity contribution in [3.8, 4) is 0 Å². The molecule has 0 aliphatic carbocycles. The Bertz CT molecular complexity index is 1040. The van der Waals surface area contributed by atoms with Crippen LogP contribution < -0.4 is 5.32 Å². The van der Waals surface area contributed by atoms with E-state index < -0.39 is 46.4 Å². The maximum absolute atomic E-state index is 12.5. The van der Waals surface area contributed by atoms with E-state index in [9.17, 15) is 22.8 Å². The summed E-state index contributed by atoms with van der Waals surface area (Å²) in [4.78, 5) is 36.7. The van der Waals surface area contributed by atoms with E-state index >= 15 is 0 Å². The average molecular weight is 451 g/mol. The Kier molecular flexibility index (Phi) is 8.43. The van der Waals surface area contributed by atoms with Crippen molar-refractivity contribution in [3.63, 3.8) is 0 Å². The molecule has 0 fully saturated rings. The minimum atomic E-state index is -4.07. The van der Waals surface area contributed by atoms with Crippen LogP contribution in [0.3, 0.4) is 0 Å². The number of nitrogens with one attached hydrogen (secondary N) is 1. The Morgan fingerprint density at radius 1 is 1.00 bits per heavy atom. The summed E-state index contributed by atoms with van der Waals surface area (Å²) >= 11 is 0. The van der Waals surface area contributed by atoms with E-state index in [2.05, 4.69) is 9.50 Å². The van der Waals surface area contributed by atoms with E-state index in [1.165, 1.54) is 38.3 Å². The highest BCUT2D eigenvalue weighted by atomic mass is 32.2. The van der Waals surface area contributed by atoms with Crippen LogP contribution in [0.4, 0.5) is 5.69 Å². The lowest BCUT2D eigenvalue weighted by molar-refractivity contribution is -0.165. The van der Waals surface area contributed by atoms with Gasteiger partial charge in [-0.15, -0.1) is 0 Å². The van der Waals surface area contributed by atoms with Crippen molar-refractivity contribution in [3.05, 3.63) is 60.2 Å². The largest absolute Gasteiger partial charge is 0.452 e. The number of hydrogen-bond acceptors (Lipinski definition) is 8. The number of ketones is 1. The lowest BCUT2D eigenvalue weighted by Gasteiger charge is -2.20. The van der Waals surface area contributed by atoms with E-state index in [0.717, 1.165) is 7.11 Å². The molecule has 168 valence electrons. The van der Waals surface area contributed by atoms with Crippen molar-refractivity contribution >= 4 is 33.5 Å². The third kappa shape index (κ3) is 6.45. The molecule has 0 aromatic heterocycles. The standard InChI is InChI=1S/C21H23NO8S.H2/c1-14(23)17(30-21(25)20(28-2)15-9-5-4-6-10-15)13-19(24)22-16-11-7-8-12-18(16)31(26,27)29-3;/h4-12,17,20H,13H2,1-3H3,(H,22,24);1H. The summed E-state index contributed by atoms with van der Waals surface area (Å²) in [5.41, 5.74) is 0.502. The zero-order chi connectivity index (χ0) is 23.0. The molecule has 9 nitrogen and oxygen atoms in total.